The molecule has 0 radical (unpaired) electrons. The molecule has 0 bridgehead atoms. The van der Waals surface area contributed by atoms with Crippen molar-refractivity contribution in [3.05, 3.63) is 112 Å². The van der Waals surface area contributed by atoms with Crippen LogP contribution in [0.15, 0.2) is 78.4 Å². The molecule has 0 aliphatic carbocycles. The van der Waals surface area contributed by atoms with Gasteiger partial charge in [0.1, 0.15) is 11.6 Å². The van der Waals surface area contributed by atoms with E-state index in [1.54, 1.807) is 24.3 Å². The molecule has 0 unspecified atom stereocenters. The molecule has 3 aromatic carbocycles. The maximum atomic E-state index is 14.7. The Kier molecular flexibility index (Phi) is 7.58. The standard InChI is InChI=1S/C27H24ClF2N3O2/c28-19-9-4-8-18(12-19)24(13-25(31)34)32-27(35)21-16-33(14-17-6-2-1-3-7-17)15-20(21)26-22(29)10-5-11-23(26)30/h1-12,24H,13-16H2,(H2,31,34)(H,32,35)/t24-/m0/s1. The third-order valence-corrected chi connectivity index (χ3v) is 6.11. The summed E-state index contributed by atoms with van der Waals surface area (Å²) in [6.07, 6.45) is -0.156. The first-order valence-corrected chi connectivity index (χ1v) is 11.5. The molecule has 0 spiro atoms. The number of hydrogen-bond donors (Lipinski definition) is 2. The Hall–Kier alpha value is -3.55. The Morgan fingerprint density at radius 3 is 2.31 bits per heavy atom. The molecular formula is C27H24ClF2N3O2. The number of benzene rings is 3. The van der Waals surface area contributed by atoms with Crippen molar-refractivity contribution >= 4 is 29.0 Å². The zero-order valence-corrected chi connectivity index (χ0v) is 19.6. The zero-order chi connectivity index (χ0) is 24.9. The van der Waals surface area contributed by atoms with Crippen molar-refractivity contribution in [2.45, 2.75) is 19.0 Å². The van der Waals surface area contributed by atoms with Gasteiger partial charge in [-0.05, 0) is 41.0 Å². The second kappa shape index (κ2) is 10.8. The van der Waals surface area contributed by atoms with Crippen LogP contribution in [0.5, 0.6) is 0 Å². The fraction of sp³-hybridized carbons (Fsp3) is 0.185. The maximum absolute atomic E-state index is 14.7. The first-order chi connectivity index (χ1) is 16.8. The number of carbonyl (C=O) groups excluding carboxylic acids is 2. The van der Waals surface area contributed by atoms with Gasteiger partial charge in [0.05, 0.1) is 18.0 Å². The van der Waals surface area contributed by atoms with Crippen LogP contribution in [0.3, 0.4) is 0 Å². The van der Waals surface area contributed by atoms with Gasteiger partial charge >= 0.3 is 0 Å². The minimum absolute atomic E-state index is 0.156. The summed E-state index contributed by atoms with van der Waals surface area (Å²) < 4.78 is 29.5. The van der Waals surface area contributed by atoms with Crippen LogP contribution >= 0.6 is 11.6 Å². The summed E-state index contributed by atoms with van der Waals surface area (Å²) >= 11 is 6.10. The molecule has 1 atom stereocenters. The zero-order valence-electron chi connectivity index (χ0n) is 18.8. The van der Waals surface area contributed by atoms with E-state index in [2.05, 4.69) is 5.32 Å². The summed E-state index contributed by atoms with van der Waals surface area (Å²) in [7, 11) is 0. The normalized spacial score (nSPS) is 14.7. The van der Waals surface area contributed by atoms with E-state index in [4.69, 9.17) is 17.3 Å². The van der Waals surface area contributed by atoms with Gasteiger partial charge in [-0.2, -0.15) is 0 Å². The van der Waals surface area contributed by atoms with Crippen molar-refractivity contribution in [2.75, 3.05) is 13.1 Å². The van der Waals surface area contributed by atoms with Gasteiger partial charge in [-0.15, -0.1) is 0 Å². The van der Waals surface area contributed by atoms with Crippen molar-refractivity contribution in [1.29, 1.82) is 0 Å². The van der Waals surface area contributed by atoms with Gasteiger partial charge in [0.2, 0.25) is 11.8 Å². The average Bonchev–Trinajstić information content (AvgIpc) is 3.22. The molecular weight excluding hydrogens is 472 g/mol. The maximum Gasteiger partial charge on any atom is 0.249 e. The lowest BCUT2D eigenvalue weighted by Crippen LogP contribution is -2.34. The largest absolute Gasteiger partial charge is 0.370 e. The van der Waals surface area contributed by atoms with Crippen LogP contribution in [0.1, 0.15) is 29.2 Å². The summed E-state index contributed by atoms with van der Waals surface area (Å²) in [5.41, 5.74) is 7.32. The van der Waals surface area contributed by atoms with E-state index in [0.717, 1.165) is 5.56 Å². The van der Waals surface area contributed by atoms with E-state index in [1.807, 2.05) is 35.2 Å². The molecule has 0 fully saturated rings. The summed E-state index contributed by atoms with van der Waals surface area (Å²) in [5.74, 6) is -2.61. The number of nitrogens with one attached hydrogen (secondary N) is 1. The summed E-state index contributed by atoms with van der Waals surface area (Å²) in [6, 6.07) is 19.2. The number of primary amides is 1. The first-order valence-electron chi connectivity index (χ1n) is 11.1. The van der Waals surface area contributed by atoms with E-state index in [9.17, 15) is 18.4 Å². The Labute approximate surface area is 207 Å². The second-order valence-electron chi connectivity index (χ2n) is 8.44. The Morgan fingerprint density at radius 2 is 1.66 bits per heavy atom. The third-order valence-electron chi connectivity index (χ3n) is 5.88. The molecule has 3 N–H and O–H groups in total. The number of hydrogen-bond acceptors (Lipinski definition) is 3. The lowest BCUT2D eigenvalue weighted by molar-refractivity contribution is -0.120. The molecule has 180 valence electrons. The number of rotatable bonds is 8. The number of halogens is 3. The summed E-state index contributed by atoms with van der Waals surface area (Å²) in [4.78, 5) is 27.1. The molecule has 0 saturated heterocycles. The predicted molar refractivity (Wildman–Crippen MR) is 131 cm³/mol. The minimum atomic E-state index is -0.749. The highest BCUT2D eigenvalue weighted by Crippen LogP contribution is 2.32. The van der Waals surface area contributed by atoms with Gasteiger partial charge in [0.25, 0.3) is 0 Å². The van der Waals surface area contributed by atoms with Gasteiger partial charge in [-0.25, -0.2) is 8.78 Å². The lowest BCUT2D eigenvalue weighted by Gasteiger charge is -2.20. The second-order valence-corrected chi connectivity index (χ2v) is 8.87. The van der Waals surface area contributed by atoms with Crippen LogP contribution in [-0.4, -0.2) is 29.8 Å². The third kappa shape index (κ3) is 5.93. The summed E-state index contributed by atoms with van der Waals surface area (Å²) in [6.45, 7) is 0.867. The van der Waals surface area contributed by atoms with E-state index < -0.39 is 29.5 Å². The molecule has 1 heterocycles. The molecule has 35 heavy (non-hydrogen) atoms. The number of amides is 2. The van der Waals surface area contributed by atoms with Gasteiger partial charge in [0, 0.05) is 30.2 Å². The molecule has 1 aliphatic rings. The molecule has 8 heteroatoms. The number of nitrogens with two attached hydrogens (primary N) is 1. The fourth-order valence-corrected chi connectivity index (χ4v) is 4.49. The molecule has 3 aromatic rings. The topological polar surface area (TPSA) is 75.4 Å². The van der Waals surface area contributed by atoms with E-state index in [1.165, 1.54) is 18.2 Å². The highest BCUT2D eigenvalue weighted by Gasteiger charge is 2.32. The van der Waals surface area contributed by atoms with Crippen LogP contribution in [0, 0.1) is 11.6 Å². The van der Waals surface area contributed by atoms with Crippen LogP contribution in [0.2, 0.25) is 5.02 Å². The van der Waals surface area contributed by atoms with E-state index in [0.29, 0.717) is 17.1 Å². The smallest absolute Gasteiger partial charge is 0.249 e. The number of nitrogens with zero attached hydrogens (tertiary/aromatic N) is 1. The summed E-state index contributed by atoms with van der Waals surface area (Å²) in [5, 5.41) is 3.27. The van der Waals surface area contributed by atoms with Gasteiger partial charge in [-0.1, -0.05) is 60.1 Å². The van der Waals surface area contributed by atoms with Crippen LogP contribution in [0.25, 0.3) is 5.57 Å². The SMILES string of the molecule is NC(=O)C[C@H](NC(=O)C1=C(c2c(F)cccc2F)CN(Cc2ccccc2)C1)c1cccc(Cl)c1. The first kappa shape index (κ1) is 24.6. The van der Waals surface area contributed by atoms with Crippen molar-refractivity contribution in [2.24, 2.45) is 5.73 Å². The van der Waals surface area contributed by atoms with Crippen LogP contribution < -0.4 is 11.1 Å². The molecule has 0 saturated carbocycles. The van der Waals surface area contributed by atoms with Crippen molar-refractivity contribution in [1.82, 2.24) is 10.2 Å². The molecule has 1 aliphatic heterocycles. The Balaban J connectivity index is 1.67. The van der Waals surface area contributed by atoms with Gasteiger partial charge in [0.15, 0.2) is 0 Å². The Bertz CT molecular complexity index is 1260. The average molecular weight is 496 g/mol. The van der Waals surface area contributed by atoms with E-state index >= 15 is 0 Å². The van der Waals surface area contributed by atoms with E-state index in [-0.39, 0.29) is 36.2 Å². The molecule has 4 rings (SSSR count). The lowest BCUT2D eigenvalue weighted by atomic mass is 9.99. The monoisotopic (exact) mass is 495 g/mol. The molecule has 2 amide bonds. The van der Waals surface area contributed by atoms with Crippen molar-refractivity contribution in [3.63, 3.8) is 0 Å². The Morgan fingerprint density at radius 1 is 0.971 bits per heavy atom. The van der Waals surface area contributed by atoms with Crippen LogP contribution in [0.4, 0.5) is 8.78 Å². The quantitative estimate of drug-likeness (QED) is 0.479. The van der Waals surface area contributed by atoms with Gasteiger partial charge < -0.3 is 11.1 Å². The minimum Gasteiger partial charge on any atom is -0.370 e. The molecule has 5 nitrogen and oxygen atoms in total. The number of carbonyl (C=O) groups is 2. The van der Waals surface area contributed by atoms with Crippen molar-refractivity contribution < 1.29 is 18.4 Å². The van der Waals surface area contributed by atoms with Crippen LogP contribution in [-0.2, 0) is 16.1 Å². The fourth-order valence-electron chi connectivity index (χ4n) is 4.29. The van der Waals surface area contributed by atoms with Gasteiger partial charge in [-0.3, -0.25) is 14.5 Å². The highest BCUT2D eigenvalue weighted by molar-refractivity contribution is 6.30. The van der Waals surface area contributed by atoms with Crippen molar-refractivity contribution in [3.8, 4) is 0 Å². The highest BCUT2D eigenvalue weighted by atomic mass is 35.5. The predicted octanol–water partition coefficient (Wildman–Crippen LogP) is 4.62. The molecule has 0 aromatic heterocycles.